The van der Waals surface area contributed by atoms with Crippen LogP contribution in [0.3, 0.4) is 0 Å². The maximum atomic E-state index is 12.4. The normalized spacial score (nSPS) is 14.8. The van der Waals surface area contributed by atoms with E-state index < -0.39 is 0 Å². The summed E-state index contributed by atoms with van der Waals surface area (Å²) >= 11 is 3.38. The van der Waals surface area contributed by atoms with Crippen molar-refractivity contribution in [2.24, 2.45) is 0 Å². The van der Waals surface area contributed by atoms with Crippen LogP contribution in [0.25, 0.3) is 0 Å². The number of nitrogens with one attached hydrogen (secondary N) is 2. The van der Waals surface area contributed by atoms with Crippen molar-refractivity contribution in [3.8, 4) is 0 Å². The zero-order valence-electron chi connectivity index (χ0n) is 13.9. The summed E-state index contributed by atoms with van der Waals surface area (Å²) in [4.78, 5) is 24.8. The van der Waals surface area contributed by atoms with E-state index >= 15 is 0 Å². The average Bonchev–Trinajstić information content (AvgIpc) is 2.63. The van der Waals surface area contributed by atoms with Crippen LogP contribution in [0.1, 0.15) is 52.8 Å². The van der Waals surface area contributed by atoms with Crippen LogP contribution in [0.2, 0.25) is 0 Å². The smallest absolute Gasteiger partial charge is 0.256 e. The third kappa shape index (κ3) is 4.69. The number of halogens is 1. The number of carbonyl (C=O) groups is 2. The second-order valence-corrected chi connectivity index (χ2v) is 7.18. The predicted molar refractivity (Wildman–Crippen MR) is 103 cm³/mol. The fraction of sp³-hybridized carbons (Fsp3) is 0.300. The Hall–Kier alpha value is -2.14. The maximum absolute atomic E-state index is 12.4. The number of carbonyl (C=O) groups excluding carboxylic acids is 2. The number of anilines is 1. The molecule has 1 saturated carbocycles. The van der Waals surface area contributed by atoms with Crippen molar-refractivity contribution in [1.82, 2.24) is 5.32 Å². The summed E-state index contributed by atoms with van der Waals surface area (Å²) < 4.78 is 0.735. The Balaban J connectivity index is 1.67. The zero-order chi connectivity index (χ0) is 17.6. The van der Waals surface area contributed by atoms with E-state index in [0.717, 1.165) is 17.3 Å². The molecule has 0 spiro atoms. The summed E-state index contributed by atoms with van der Waals surface area (Å²) in [5.74, 6) is -0.291. The number of hydrogen-bond donors (Lipinski definition) is 2. The van der Waals surface area contributed by atoms with Crippen molar-refractivity contribution in [2.75, 3.05) is 5.32 Å². The van der Waals surface area contributed by atoms with E-state index in [1.807, 2.05) is 18.2 Å². The van der Waals surface area contributed by atoms with Crippen molar-refractivity contribution in [2.45, 2.75) is 38.1 Å². The SMILES string of the molecule is O=C(NC1CCCCC1)c1cccc(NC(=O)c2ccccc2Br)c1. The van der Waals surface area contributed by atoms with Crippen molar-refractivity contribution in [1.29, 1.82) is 0 Å². The van der Waals surface area contributed by atoms with Gasteiger partial charge in [0, 0.05) is 21.8 Å². The molecule has 0 aromatic heterocycles. The van der Waals surface area contributed by atoms with Gasteiger partial charge in [0.1, 0.15) is 0 Å². The molecule has 0 radical (unpaired) electrons. The van der Waals surface area contributed by atoms with Crippen molar-refractivity contribution < 1.29 is 9.59 Å². The van der Waals surface area contributed by atoms with Crippen molar-refractivity contribution >= 4 is 33.4 Å². The Labute approximate surface area is 156 Å². The van der Waals surface area contributed by atoms with Crippen LogP contribution in [0.4, 0.5) is 5.69 Å². The number of hydrogen-bond acceptors (Lipinski definition) is 2. The molecular formula is C20H21BrN2O2. The van der Waals surface area contributed by atoms with E-state index in [-0.39, 0.29) is 17.9 Å². The second-order valence-electron chi connectivity index (χ2n) is 6.32. The molecule has 1 aliphatic carbocycles. The second kappa shape index (κ2) is 8.30. The van der Waals surface area contributed by atoms with Crippen LogP contribution >= 0.6 is 15.9 Å². The molecule has 4 nitrogen and oxygen atoms in total. The van der Waals surface area contributed by atoms with E-state index in [1.54, 1.807) is 30.3 Å². The Morgan fingerprint density at radius 3 is 2.44 bits per heavy atom. The zero-order valence-corrected chi connectivity index (χ0v) is 15.5. The van der Waals surface area contributed by atoms with Gasteiger partial charge in [-0.15, -0.1) is 0 Å². The van der Waals surface area contributed by atoms with Gasteiger partial charge in [-0.2, -0.15) is 0 Å². The Kier molecular flexibility index (Phi) is 5.87. The first kappa shape index (κ1) is 17.7. The molecule has 0 aliphatic heterocycles. The summed E-state index contributed by atoms with van der Waals surface area (Å²) in [6.07, 6.45) is 5.69. The summed E-state index contributed by atoms with van der Waals surface area (Å²) in [5, 5.41) is 5.95. The molecule has 0 unspecified atom stereocenters. The minimum Gasteiger partial charge on any atom is -0.349 e. The molecule has 0 bridgehead atoms. The molecule has 130 valence electrons. The topological polar surface area (TPSA) is 58.2 Å². The summed E-state index contributed by atoms with van der Waals surface area (Å²) in [5.41, 5.74) is 1.73. The third-order valence-corrected chi connectivity index (χ3v) is 5.13. The summed E-state index contributed by atoms with van der Waals surface area (Å²) in [6, 6.07) is 14.6. The van der Waals surface area contributed by atoms with E-state index in [0.29, 0.717) is 16.8 Å². The third-order valence-electron chi connectivity index (χ3n) is 4.44. The van der Waals surface area contributed by atoms with Crippen LogP contribution in [0.15, 0.2) is 53.0 Å². The van der Waals surface area contributed by atoms with Crippen LogP contribution in [0, 0.1) is 0 Å². The fourth-order valence-electron chi connectivity index (χ4n) is 3.10. The van der Waals surface area contributed by atoms with E-state index in [9.17, 15) is 9.59 Å². The molecule has 1 aliphatic rings. The van der Waals surface area contributed by atoms with Crippen LogP contribution in [-0.2, 0) is 0 Å². The lowest BCUT2D eigenvalue weighted by Crippen LogP contribution is -2.36. The molecule has 2 aromatic carbocycles. The van der Waals surface area contributed by atoms with Gasteiger partial charge in [0.05, 0.1) is 5.56 Å². The van der Waals surface area contributed by atoms with Gasteiger partial charge >= 0.3 is 0 Å². The molecule has 5 heteroatoms. The van der Waals surface area contributed by atoms with E-state index in [1.165, 1.54) is 19.3 Å². The fourth-order valence-corrected chi connectivity index (χ4v) is 3.56. The van der Waals surface area contributed by atoms with Gasteiger partial charge in [0.25, 0.3) is 11.8 Å². The van der Waals surface area contributed by atoms with Crippen LogP contribution < -0.4 is 10.6 Å². The molecule has 0 heterocycles. The highest BCUT2D eigenvalue weighted by molar-refractivity contribution is 9.10. The van der Waals surface area contributed by atoms with Crippen LogP contribution in [0.5, 0.6) is 0 Å². The van der Waals surface area contributed by atoms with Gasteiger partial charge in [-0.05, 0) is 59.1 Å². The molecule has 25 heavy (non-hydrogen) atoms. The minimum absolute atomic E-state index is 0.0797. The molecule has 2 amide bonds. The molecular weight excluding hydrogens is 380 g/mol. The first-order chi connectivity index (χ1) is 12.1. The summed E-state index contributed by atoms with van der Waals surface area (Å²) in [6.45, 7) is 0. The number of benzene rings is 2. The molecule has 0 saturated heterocycles. The highest BCUT2D eigenvalue weighted by Crippen LogP contribution is 2.20. The van der Waals surface area contributed by atoms with E-state index in [4.69, 9.17) is 0 Å². The van der Waals surface area contributed by atoms with Gasteiger partial charge in [-0.3, -0.25) is 9.59 Å². The lowest BCUT2D eigenvalue weighted by molar-refractivity contribution is 0.0926. The van der Waals surface area contributed by atoms with Gasteiger partial charge in [0.2, 0.25) is 0 Å². The van der Waals surface area contributed by atoms with Gasteiger partial charge < -0.3 is 10.6 Å². The highest BCUT2D eigenvalue weighted by Gasteiger charge is 2.17. The van der Waals surface area contributed by atoms with E-state index in [2.05, 4.69) is 26.6 Å². The number of rotatable bonds is 4. The predicted octanol–water partition coefficient (Wildman–Crippen LogP) is 4.76. The van der Waals surface area contributed by atoms with Gasteiger partial charge in [-0.25, -0.2) is 0 Å². The van der Waals surface area contributed by atoms with Crippen molar-refractivity contribution in [3.63, 3.8) is 0 Å². The van der Waals surface area contributed by atoms with Gasteiger partial charge in [0.15, 0.2) is 0 Å². The monoisotopic (exact) mass is 400 g/mol. The largest absolute Gasteiger partial charge is 0.349 e. The van der Waals surface area contributed by atoms with Crippen LogP contribution in [-0.4, -0.2) is 17.9 Å². The van der Waals surface area contributed by atoms with Crippen molar-refractivity contribution in [3.05, 3.63) is 64.1 Å². The maximum Gasteiger partial charge on any atom is 0.256 e. The molecule has 0 atom stereocenters. The quantitative estimate of drug-likeness (QED) is 0.776. The molecule has 2 N–H and O–H groups in total. The lowest BCUT2D eigenvalue weighted by Gasteiger charge is -2.22. The highest BCUT2D eigenvalue weighted by atomic mass is 79.9. The Morgan fingerprint density at radius 1 is 0.920 bits per heavy atom. The molecule has 3 rings (SSSR count). The molecule has 2 aromatic rings. The first-order valence-corrected chi connectivity index (χ1v) is 9.39. The lowest BCUT2D eigenvalue weighted by atomic mass is 9.95. The standard InChI is InChI=1S/C20H21BrN2O2/c21-18-12-5-4-11-17(18)20(25)23-16-10-6-7-14(13-16)19(24)22-15-8-2-1-3-9-15/h4-7,10-13,15H,1-3,8-9H2,(H,22,24)(H,23,25). The molecule has 1 fully saturated rings. The number of amides is 2. The minimum atomic E-state index is -0.211. The Morgan fingerprint density at radius 2 is 1.68 bits per heavy atom. The Bertz CT molecular complexity index is 770. The van der Waals surface area contributed by atoms with Gasteiger partial charge in [-0.1, -0.05) is 37.5 Å². The summed E-state index contributed by atoms with van der Waals surface area (Å²) in [7, 11) is 0. The average molecular weight is 401 g/mol. The first-order valence-electron chi connectivity index (χ1n) is 8.60.